The van der Waals surface area contributed by atoms with E-state index in [0.717, 1.165) is 11.1 Å². The van der Waals surface area contributed by atoms with Crippen LogP contribution in [0.4, 0.5) is 0 Å². The van der Waals surface area contributed by atoms with Crippen molar-refractivity contribution in [3.8, 4) is 0 Å². The van der Waals surface area contributed by atoms with Crippen molar-refractivity contribution in [1.82, 2.24) is 5.32 Å². The first-order valence-electron chi connectivity index (χ1n) is 8.71. The van der Waals surface area contributed by atoms with E-state index in [0.29, 0.717) is 28.2 Å². The van der Waals surface area contributed by atoms with Crippen LogP contribution in [0.25, 0.3) is 11.0 Å². The lowest BCUT2D eigenvalue weighted by Crippen LogP contribution is -2.27. The summed E-state index contributed by atoms with van der Waals surface area (Å²) in [6.07, 6.45) is 2.15. The molecule has 0 saturated heterocycles. The average Bonchev–Trinajstić information content (AvgIpc) is 3.21. The van der Waals surface area contributed by atoms with E-state index in [2.05, 4.69) is 5.32 Å². The Morgan fingerprint density at radius 2 is 1.89 bits per heavy atom. The Hall–Kier alpha value is -3.31. The fourth-order valence-corrected chi connectivity index (χ4v) is 3.18. The van der Waals surface area contributed by atoms with Crippen molar-refractivity contribution in [2.45, 2.75) is 13.0 Å². The lowest BCUT2D eigenvalue weighted by Gasteiger charge is -2.07. The van der Waals surface area contributed by atoms with Crippen molar-refractivity contribution in [3.63, 3.8) is 0 Å². The van der Waals surface area contributed by atoms with Gasteiger partial charge in [0.25, 0.3) is 5.91 Å². The number of benzene rings is 2. The van der Waals surface area contributed by atoms with Gasteiger partial charge in [-0.1, -0.05) is 35.9 Å². The lowest BCUT2D eigenvalue weighted by molar-refractivity contribution is 0.0944. The van der Waals surface area contributed by atoms with Crippen LogP contribution in [0.2, 0.25) is 5.02 Å². The van der Waals surface area contributed by atoms with Gasteiger partial charge in [0.2, 0.25) is 0 Å². The van der Waals surface area contributed by atoms with Gasteiger partial charge in [-0.3, -0.25) is 4.79 Å². The third-order valence-electron chi connectivity index (χ3n) is 4.40. The summed E-state index contributed by atoms with van der Waals surface area (Å²) >= 11 is 6.24. The Labute approximate surface area is 165 Å². The van der Waals surface area contributed by atoms with E-state index < -0.39 is 11.5 Å². The van der Waals surface area contributed by atoms with Crippen LogP contribution in [0.1, 0.15) is 27.2 Å². The number of nitrogens with one attached hydrogen (secondary N) is 1. The summed E-state index contributed by atoms with van der Waals surface area (Å²) in [7, 11) is 0. The molecule has 2 aromatic carbocycles. The Morgan fingerprint density at radius 3 is 2.68 bits per heavy atom. The smallest absolute Gasteiger partial charge is 0.349 e. The molecule has 0 aliphatic rings. The third-order valence-corrected chi connectivity index (χ3v) is 4.77. The molecule has 1 amide bonds. The van der Waals surface area contributed by atoms with Crippen molar-refractivity contribution in [3.05, 3.63) is 105 Å². The predicted octanol–water partition coefficient (Wildman–Crippen LogP) is 4.56. The standard InChI is InChI=1S/C22H16ClNO4/c23-19-6-2-1-4-15(19)10-14-7-8-20-16(11-14)12-18(22(26)28-20)21(25)24-13-17-5-3-9-27-17/h1-9,11-12H,10,13H2,(H,24,25). The van der Waals surface area contributed by atoms with E-state index in [4.69, 9.17) is 20.4 Å². The second-order valence-electron chi connectivity index (χ2n) is 6.35. The first-order valence-corrected chi connectivity index (χ1v) is 9.09. The number of halogens is 1. The molecule has 0 atom stereocenters. The number of furan rings is 1. The topological polar surface area (TPSA) is 72.5 Å². The van der Waals surface area contributed by atoms with Gasteiger partial charge >= 0.3 is 5.63 Å². The normalized spacial score (nSPS) is 10.9. The molecule has 0 saturated carbocycles. The minimum Gasteiger partial charge on any atom is -0.467 e. The molecule has 140 valence electrons. The maximum absolute atomic E-state index is 12.4. The quantitative estimate of drug-likeness (QED) is 0.504. The maximum Gasteiger partial charge on any atom is 0.349 e. The molecule has 28 heavy (non-hydrogen) atoms. The summed E-state index contributed by atoms with van der Waals surface area (Å²) in [6, 6.07) is 18.1. The summed E-state index contributed by atoms with van der Waals surface area (Å²) in [6.45, 7) is 0.190. The molecule has 0 unspecified atom stereocenters. The zero-order valence-electron chi connectivity index (χ0n) is 14.8. The van der Waals surface area contributed by atoms with Gasteiger partial charge in [-0.15, -0.1) is 0 Å². The van der Waals surface area contributed by atoms with Crippen LogP contribution in [-0.4, -0.2) is 5.91 Å². The average molecular weight is 394 g/mol. The van der Waals surface area contributed by atoms with Crippen LogP contribution in [0.5, 0.6) is 0 Å². The predicted molar refractivity (Wildman–Crippen MR) is 107 cm³/mol. The van der Waals surface area contributed by atoms with Gasteiger partial charge in [-0.25, -0.2) is 4.79 Å². The molecule has 0 radical (unpaired) electrons. The molecular formula is C22H16ClNO4. The van der Waals surface area contributed by atoms with E-state index in [1.165, 1.54) is 6.26 Å². The second-order valence-corrected chi connectivity index (χ2v) is 6.76. The van der Waals surface area contributed by atoms with E-state index >= 15 is 0 Å². The number of hydrogen-bond acceptors (Lipinski definition) is 4. The van der Waals surface area contributed by atoms with E-state index in [1.54, 1.807) is 24.3 Å². The summed E-state index contributed by atoms with van der Waals surface area (Å²) in [5.74, 6) is 0.0871. The Kier molecular flexibility index (Phi) is 5.00. The van der Waals surface area contributed by atoms with Crippen molar-refractivity contribution in [1.29, 1.82) is 0 Å². The molecular weight excluding hydrogens is 378 g/mol. The molecule has 0 fully saturated rings. The zero-order chi connectivity index (χ0) is 19.5. The number of amides is 1. The van der Waals surface area contributed by atoms with Gasteiger partial charge in [-0.05, 0) is 53.9 Å². The molecule has 6 heteroatoms. The third kappa shape index (κ3) is 3.85. The minimum atomic E-state index is -0.678. The van der Waals surface area contributed by atoms with Gasteiger partial charge in [0.1, 0.15) is 16.9 Å². The van der Waals surface area contributed by atoms with Crippen LogP contribution in [0, 0.1) is 0 Å². The van der Waals surface area contributed by atoms with Crippen LogP contribution >= 0.6 is 11.6 Å². The maximum atomic E-state index is 12.4. The van der Waals surface area contributed by atoms with Crippen LogP contribution in [0.15, 0.2) is 80.6 Å². The molecule has 4 rings (SSSR count). The minimum absolute atomic E-state index is 0.0473. The highest BCUT2D eigenvalue weighted by Gasteiger charge is 2.14. The van der Waals surface area contributed by atoms with Gasteiger partial charge in [0.05, 0.1) is 12.8 Å². The molecule has 0 spiro atoms. The number of hydrogen-bond donors (Lipinski definition) is 1. The number of carbonyl (C=O) groups excluding carboxylic acids is 1. The van der Waals surface area contributed by atoms with Crippen molar-refractivity contribution in [2.24, 2.45) is 0 Å². The number of carbonyl (C=O) groups is 1. The zero-order valence-corrected chi connectivity index (χ0v) is 15.5. The second kappa shape index (κ2) is 7.74. The van der Waals surface area contributed by atoms with Crippen molar-refractivity contribution in [2.75, 3.05) is 0 Å². The molecule has 0 aliphatic heterocycles. The molecule has 0 bridgehead atoms. The van der Waals surface area contributed by atoms with Crippen LogP contribution < -0.4 is 10.9 Å². The molecule has 5 nitrogen and oxygen atoms in total. The molecule has 0 aliphatic carbocycles. The highest BCUT2D eigenvalue weighted by Crippen LogP contribution is 2.22. The van der Waals surface area contributed by atoms with Crippen LogP contribution in [0.3, 0.4) is 0 Å². The first kappa shape index (κ1) is 18.1. The van der Waals surface area contributed by atoms with E-state index in [9.17, 15) is 9.59 Å². The number of fused-ring (bicyclic) bond motifs is 1. The summed E-state index contributed by atoms with van der Waals surface area (Å²) < 4.78 is 10.5. The fraction of sp³-hybridized carbons (Fsp3) is 0.0909. The Balaban J connectivity index is 1.61. The SMILES string of the molecule is O=C(NCc1ccco1)c1cc2cc(Cc3ccccc3Cl)ccc2oc1=O. The summed E-state index contributed by atoms with van der Waals surface area (Å²) in [5, 5.41) is 4.03. The highest BCUT2D eigenvalue weighted by molar-refractivity contribution is 6.31. The largest absolute Gasteiger partial charge is 0.467 e. The monoisotopic (exact) mass is 393 g/mol. The van der Waals surface area contributed by atoms with Gasteiger partial charge in [0, 0.05) is 10.4 Å². The Morgan fingerprint density at radius 1 is 1.04 bits per heavy atom. The summed E-state index contributed by atoms with van der Waals surface area (Å²) in [5.41, 5.74) is 1.70. The van der Waals surface area contributed by atoms with Crippen molar-refractivity contribution < 1.29 is 13.6 Å². The van der Waals surface area contributed by atoms with E-state index in [1.807, 2.05) is 36.4 Å². The highest BCUT2D eigenvalue weighted by atomic mass is 35.5. The first-order chi connectivity index (χ1) is 13.6. The fourth-order valence-electron chi connectivity index (χ4n) is 2.98. The summed E-state index contributed by atoms with van der Waals surface area (Å²) in [4.78, 5) is 24.6. The van der Waals surface area contributed by atoms with Gasteiger partial charge in [-0.2, -0.15) is 0 Å². The molecule has 1 N–H and O–H groups in total. The lowest BCUT2D eigenvalue weighted by atomic mass is 10.0. The Bertz CT molecular complexity index is 1190. The van der Waals surface area contributed by atoms with Crippen LogP contribution in [-0.2, 0) is 13.0 Å². The van der Waals surface area contributed by atoms with Gasteiger partial charge < -0.3 is 14.2 Å². The number of rotatable bonds is 5. The van der Waals surface area contributed by atoms with Gasteiger partial charge in [0.15, 0.2) is 0 Å². The van der Waals surface area contributed by atoms with Crippen molar-refractivity contribution >= 4 is 28.5 Å². The van der Waals surface area contributed by atoms with E-state index in [-0.39, 0.29) is 12.1 Å². The molecule has 2 heterocycles. The molecule has 4 aromatic rings. The molecule has 2 aromatic heterocycles.